The van der Waals surface area contributed by atoms with Crippen LogP contribution in [0, 0.1) is 12.8 Å². The number of amides is 1. The highest BCUT2D eigenvalue weighted by molar-refractivity contribution is 5.93. The van der Waals surface area contributed by atoms with E-state index in [0.29, 0.717) is 5.95 Å². The number of nitrogens with one attached hydrogen (secondary N) is 1. The van der Waals surface area contributed by atoms with Gasteiger partial charge in [0, 0.05) is 30.2 Å². The van der Waals surface area contributed by atoms with E-state index in [1.54, 1.807) is 18.5 Å². The molecule has 1 saturated carbocycles. The van der Waals surface area contributed by atoms with Crippen molar-refractivity contribution in [3.8, 4) is 0 Å². The average molecular weight is 254 g/mol. The Hall–Kier alpha value is -2.30. The van der Waals surface area contributed by atoms with E-state index in [-0.39, 0.29) is 17.7 Å². The molecule has 3 rings (SSSR count). The molecule has 2 aromatic heterocycles. The summed E-state index contributed by atoms with van der Waals surface area (Å²) in [7, 11) is 0. The van der Waals surface area contributed by atoms with Crippen molar-refractivity contribution in [3.05, 3.63) is 48.0 Å². The van der Waals surface area contributed by atoms with E-state index < -0.39 is 0 Å². The Kier molecular flexibility index (Phi) is 2.95. The summed E-state index contributed by atoms with van der Waals surface area (Å²) in [5.74, 6) is 0.646. The average Bonchev–Trinajstić information content (AvgIpc) is 3.20. The highest BCUT2D eigenvalue weighted by Gasteiger charge is 2.44. The van der Waals surface area contributed by atoms with Gasteiger partial charge in [0.25, 0.3) is 0 Å². The molecule has 2 atom stereocenters. The molecule has 0 spiro atoms. The molecule has 1 amide bonds. The molecule has 2 aromatic rings. The van der Waals surface area contributed by atoms with Gasteiger partial charge in [0.2, 0.25) is 11.9 Å². The Morgan fingerprint density at radius 2 is 2.26 bits per heavy atom. The maximum Gasteiger partial charge on any atom is 0.230 e. The summed E-state index contributed by atoms with van der Waals surface area (Å²) in [5.41, 5.74) is 1.96. The van der Waals surface area contributed by atoms with E-state index in [9.17, 15) is 4.79 Å². The smallest absolute Gasteiger partial charge is 0.230 e. The molecule has 2 heterocycles. The standard InChI is InChI=1S/C14H14N4O/c1-9-4-6-16-14(17-9)18-13(19)12-7-11(12)10-3-2-5-15-8-10/h2-6,8,11-12H,7H2,1H3,(H,16,17,18,19)/t11-,12+/m0/s1. The normalized spacial score (nSPS) is 20.9. The van der Waals surface area contributed by atoms with Crippen LogP contribution in [-0.4, -0.2) is 20.9 Å². The molecule has 0 bridgehead atoms. The Morgan fingerprint density at radius 3 is 3.00 bits per heavy atom. The molecule has 1 N–H and O–H groups in total. The molecule has 0 aliphatic heterocycles. The molecule has 0 radical (unpaired) electrons. The SMILES string of the molecule is Cc1ccnc(NC(=O)[C@@H]2C[C@H]2c2cccnc2)n1. The van der Waals surface area contributed by atoms with Gasteiger partial charge in [0.1, 0.15) is 0 Å². The van der Waals surface area contributed by atoms with Crippen molar-refractivity contribution in [2.24, 2.45) is 5.92 Å². The molecular weight excluding hydrogens is 240 g/mol. The Balaban J connectivity index is 1.64. The maximum absolute atomic E-state index is 12.1. The van der Waals surface area contributed by atoms with Crippen LogP contribution in [-0.2, 0) is 4.79 Å². The third-order valence-corrected chi connectivity index (χ3v) is 3.27. The quantitative estimate of drug-likeness (QED) is 0.908. The number of pyridine rings is 1. The largest absolute Gasteiger partial charge is 0.294 e. The van der Waals surface area contributed by atoms with Gasteiger partial charge < -0.3 is 0 Å². The molecule has 1 fully saturated rings. The number of aromatic nitrogens is 3. The summed E-state index contributed by atoms with van der Waals surface area (Å²) in [6, 6.07) is 5.70. The summed E-state index contributed by atoms with van der Waals surface area (Å²) in [5, 5.41) is 2.76. The van der Waals surface area contributed by atoms with Crippen LogP contribution < -0.4 is 5.32 Å². The second-order valence-electron chi connectivity index (χ2n) is 4.75. The first-order valence-electron chi connectivity index (χ1n) is 6.24. The fourth-order valence-corrected chi connectivity index (χ4v) is 2.16. The van der Waals surface area contributed by atoms with Gasteiger partial charge in [-0.3, -0.25) is 15.1 Å². The Labute approximate surface area is 111 Å². The first-order chi connectivity index (χ1) is 9.24. The number of hydrogen-bond acceptors (Lipinski definition) is 4. The number of aryl methyl sites for hydroxylation is 1. The lowest BCUT2D eigenvalue weighted by molar-refractivity contribution is -0.117. The lowest BCUT2D eigenvalue weighted by Gasteiger charge is -2.03. The predicted octanol–water partition coefficient (Wildman–Crippen LogP) is 1.92. The monoisotopic (exact) mass is 254 g/mol. The molecule has 0 saturated heterocycles. The summed E-state index contributed by atoms with van der Waals surface area (Å²) in [6.07, 6.45) is 6.06. The zero-order valence-corrected chi connectivity index (χ0v) is 10.6. The van der Waals surface area contributed by atoms with Gasteiger partial charge in [0.05, 0.1) is 0 Å². The molecule has 5 nitrogen and oxygen atoms in total. The highest BCUT2D eigenvalue weighted by Crippen LogP contribution is 2.47. The van der Waals surface area contributed by atoms with Gasteiger partial charge in [-0.2, -0.15) is 0 Å². The first-order valence-corrected chi connectivity index (χ1v) is 6.24. The van der Waals surface area contributed by atoms with Crippen molar-refractivity contribution in [2.75, 3.05) is 5.32 Å². The van der Waals surface area contributed by atoms with E-state index in [0.717, 1.165) is 17.7 Å². The molecule has 1 aliphatic carbocycles. The molecule has 5 heteroatoms. The molecule has 96 valence electrons. The van der Waals surface area contributed by atoms with Crippen LogP contribution in [0.15, 0.2) is 36.8 Å². The third kappa shape index (κ3) is 2.59. The van der Waals surface area contributed by atoms with Gasteiger partial charge in [-0.25, -0.2) is 9.97 Å². The van der Waals surface area contributed by atoms with E-state index in [2.05, 4.69) is 20.3 Å². The predicted molar refractivity (Wildman–Crippen MR) is 70.5 cm³/mol. The van der Waals surface area contributed by atoms with Crippen molar-refractivity contribution >= 4 is 11.9 Å². The van der Waals surface area contributed by atoms with Crippen molar-refractivity contribution < 1.29 is 4.79 Å². The second-order valence-corrected chi connectivity index (χ2v) is 4.75. The molecule has 0 unspecified atom stereocenters. The summed E-state index contributed by atoms with van der Waals surface area (Å²) in [6.45, 7) is 1.87. The van der Waals surface area contributed by atoms with Crippen LogP contribution in [0.3, 0.4) is 0 Å². The number of hydrogen-bond donors (Lipinski definition) is 1. The minimum atomic E-state index is -0.0144. The van der Waals surface area contributed by atoms with Gasteiger partial charge in [-0.05, 0) is 37.0 Å². The lowest BCUT2D eigenvalue weighted by Crippen LogP contribution is -2.16. The number of anilines is 1. The molecule has 0 aromatic carbocycles. The van der Waals surface area contributed by atoms with Crippen molar-refractivity contribution in [2.45, 2.75) is 19.3 Å². The van der Waals surface area contributed by atoms with Crippen molar-refractivity contribution in [1.29, 1.82) is 0 Å². The first kappa shape index (κ1) is 11.8. The van der Waals surface area contributed by atoms with E-state index >= 15 is 0 Å². The number of carbonyl (C=O) groups excluding carboxylic acids is 1. The Bertz CT molecular complexity index is 599. The zero-order chi connectivity index (χ0) is 13.2. The highest BCUT2D eigenvalue weighted by atomic mass is 16.2. The minimum absolute atomic E-state index is 0.00770. The van der Waals surface area contributed by atoms with Crippen LogP contribution in [0.1, 0.15) is 23.6 Å². The van der Waals surface area contributed by atoms with Crippen LogP contribution in [0.25, 0.3) is 0 Å². The van der Waals surface area contributed by atoms with Crippen molar-refractivity contribution in [1.82, 2.24) is 15.0 Å². The van der Waals surface area contributed by atoms with Gasteiger partial charge >= 0.3 is 0 Å². The molecule has 19 heavy (non-hydrogen) atoms. The summed E-state index contributed by atoms with van der Waals surface area (Å²) >= 11 is 0. The van der Waals surface area contributed by atoms with E-state index in [1.807, 2.05) is 25.3 Å². The lowest BCUT2D eigenvalue weighted by atomic mass is 10.1. The number of rotatable bonds is 3. The van der Waals surface area contributed by atoms with Gasteiger partial charge in [-0.1, -0.05) is 6.07 Å². The van der Waals surface area contributed by atoms with Crippen molar-refractivity contribution in [3.63, 3.8) is 0 Å². The van der Waals surface area contributed by atoms with E-state index in [1.165, 1.54) is 0 Å². The van der Waals surface area contributed by atoms with Crippen LogP contribution in [0.2, 0.25) is 0 Å². The van der Waals surface area contributed by atoms with Crippen LogP contribution in [0.4, 0.5) is 5.95 Å². The zero-order valence-electron chi connectivity index (χ0n) is 10.6. The maximum atomic E-state index is 12.1. The van der Waals surface area contributed by atoms with Gasteiger partial charge in [0.15, 0.2) is 0 Å². The van der Waals surface area contributed by atoms with Gasteiger partial charge in [-0.15, -0.1) is 0 Å². The number of nitrogens with zero attached hydrogens (tertiary/aromatic N) is 3. The topological polar surface area (TPSA) is 67.8 Å². The minimum Gasteiger partial charge on any atom is -0.294 e. The molecular formula is C14H14N4O. The fraction of sp³-hybridized carbons (Fsp3) is 0.286. The van der Waals surface area contributed by atoms with Crippen LogP contribution in [0.5, 0.6) is 0 Å². The number of carbonyl (C=O) groups is 1. The molecule has 1 aliphatic rings. The third-order valence-electron chi connectivity index (χ3n) is 3.27. The second kappa shape index (κ2) is 4.76. The van der Waals surface area contributed by atoms with E-state index in [4.69, 9.17) is 0 Å². The summed E-state index contributed by atoms with van der Waals surface area (Å²) in [4.78, 5) is 24.3. The Morgan fingerprint density at radius 1 is 1.37 bits per heavy atom. The summed E-state index contributed by atoms with van der Waals surface area (Å²) < 4.78 is 0. The fourth-order valence-electron chi connectivity index (χ4n) is 2.16. The van der Waals surface area contributed by atoms with Crippen LogP contribution >= 0.6 is 0 Å².